The van der Waals surface area contributed by atoms with Crippen molar-refractivity contribution in [3.8, 4) is 17.1 Å². The maximum atomic E-state index is 5.91. The van der Waals surface area contributed by atoms with E-state index in [9.17, 15) is 0 Å². The Morgan fingerprint density at radius 3 is 2.88 bits per heavy atom. The van der Waals surface area contributed by atoms with Gasteiger partial charge in [-0.2, -0.15) is 0 Å². The quantitative estimate of drug-likeness (QED) is 0.912. The number of ether oxygens (including phenoxy) is 1. The second-order valence-corrected chi connectivity index (χ2v) is 4.01. The summed E-state index contributed by atoms with van der Waals surface area (Å²) in [5, 5.41) is 4.38. The molecule has 2 N–H and O–H groups in total. The van der Waals surface area contributed by atoms with Crippen LogP contribution in [0.2, 0.25) is 5.02 Å². The predicted octanol–water partition coefficient (Wildman–Crippen LogP) is 3.15. The van der Waals surface area contributed by atoms with Crippen LogP contribution >= 0.6 is 11.6 Å². The molecule has 0 radical (unpaired) electrons. The lowest BCUT2D eigenvalue weighted by atomic mass is 10.1. The second-order valence-electron chi connectivity index (χ2n) is 3.57. The van der Waals surface area contributed by atoms with Gasteiger partial charge in [-0.15, -0.1) is 0 Å². The molecule has 0 unspecified atom stereocenters. The molecule has 17 heavy (non-hydrogen) atoms. The summed E-state index contributed by atoms with van der Waals surface area (Å²) in [6.07, 6.45) is 0.746. The monoisotopic (exact) mass is 252 g/mol. The van der Waals surface area contributed by atoms with Crippen molar-refractivity contribution in [1.29, 1.82) is 0 Å². The zero-order valence-electron chi connectivity index (χ0n) is 9.66. The minimum atomic E-state index is 0.416. The lowest BCUT2D eigenvalue weighted by Crippen LogP contribution is -1.92. The van der Waals surface area contributed by atoms with Crippen molar-refractivity contribution in [2.24, 2.45) is 0 Å². The van der Waals surface area contributed by atoms with E-state index < -0.39 is 0 Å². The highest BCUT2D eigenvalue weighted by Gasteiger charge is 2.17. The fourth-order valence-corrected chi connectivity index (χ4v) is 1.89. The summed E-state index contributed by atoms with van der Waals surface area (Å²) in [6.45, 7) is 1.99. The van der Waals surface area contributed by atoms with Crippen LogP contribution in [0.3, 0.4) is 0 Å². The molecule has 0 atom stereocenters. The van der Waals surface area contributed by atoms with E-state index in [-0.39, 0.29) is 0 Å². The molecule has 5 heteroatoms. The van der Waals surface area contributed by atoms with E-state index >= 15 is 0 Å². The van der Waals surface area contributed by atoms with Crippen LogP contribution in [0.15, 0.2) is 22.7 Å². The van der Waals surface area contributed by atoms with E-state index in [1.807, 2.05) is 13.0 Å². The van der Waals surface area contributed by atoms with Gasteiger partial charge in [0.1, 0.15) is 5.75 Å². The van der Waals surface area contributed by atoms with Gasteiger partial charge in [-0.25, -0.2) is 0 Å². The van der Waals surface area contributed by atoms with Crippen LogP contribution in [-0.4, -0.2) is 12.3 Å². The molecule has 2 rings (SSSR count). The lowest BCUT2D eigenvalue weighted by Gasteiger charge is -2.07. The van der Waals surface area contributed by atoms with Gasteiger partial charge >= 0.3 is 0 Å². The molecule has 1 aromatic carbocycles. The van der Waals surface area contributed by atoms with Gasteiger partial charge in [0, 0.05) is 10.6 Å². The fourth-order valence-electron chi connectivity index (χ4n) is 1.73. The third kappa shape index (κ3) is 2.08. The van der Waals surface area contributed by atoms with Gasteiger partial charge in [-0.1, -0.05) is 23.7 Å². The summed E-state index contributed by atoms with van der Waals surface area (Å²) in [4.78, 5) is 0. The third-order valence-electron chi connectivity index (χ3n) is 2.58. The van der Waals surface area contributed by atoms with Crippen molar-refractivity contribution < 1.29 is 9.26 Å². The number of nitrogens with zero attached hydrogens (tertiary/aromatic N) is 1. The van der Waals surface area contributed by atoms with Crippen LogP contribution in [0, 0.1) is 0 Å². The Bertz CT molecular complexity index is 537. The first-order valence-electron chi connectivity index (χ1n) is 5.25. The number of hydrogen-bond donors (Lipinski definition) is 1. The smallest absolute Gasteiger partial charge is 0.175 e. The molecule has 0 saturated heterocycles. The molecule has 2 aromatic rings. The summed E-state index contributed by atoms with van der Waals surface area (Å²) < 4.78 is 10.5. The Morgan fingerprint density at radius 1 is 1.47 bits per heavy atom. The highest BCUT2D eigenvalue weighted by molar-refractivity contribution is 6.30. The molecular weight excluding hydrogens is 240 g/mol. The van der Waals surface area contributed by atoms with Crippen molar-refractivity contribution >= 4 is 17.4 Å². The zero-order chi connectivity index (χ0) is 12.4. The number of halogens is 1. The maximum absolute atomic E-state index is 5.91. The Morgan fingerprint density at radius 2 is 2.24 bits per heavy atom. The van der Waals surface area contributed by atoms with Crippen LogP contribution in [-0.2, 0) is 6.42 Å². The summed E-state index contributed by atoms with van der Waals surface area (Å²) in [5.41, 5.74) is 7.42. The molecular formula is C12H13ClN2O2. The predicted molar refractivity (Wildman–Crippen MR) is 67.3 cm³/mol. The fraction of sp³-hybridized carbons (Fsp3) is 0.250. The van der Waals surface area contributed by atoms with Gasteiger partial charge in [0.2, 0.25) is 0 Å². The number of benzene rings is 1. The molecule has 90 valence electrons. The highest BCUT2D eigenvalue weighted by atomic mass is 35.5. The van der Waals surface area contributed by atoms with Crippen molar-refractivity contribution in [2.45, 2.75) is 13.3 Å². The molecule has 0 aliphatic rings. The highest BCUT2D eigenvalue weighted by Crippen LogP contribution is 2.36. The van der Waals surface area contributed by atoms with E-state index in [2.05, 4.69) is 5.16 Å². The number of anilines is 1. The van der Waals surface area contributed by atoms with Crippen molar-refractivity contribution in [3.05, 3.63) is 28.8 Å². The Hall–Kier alpha value is -1.68. The minimum Gasteiger partial charge on any atom is -0.496 e. The summed E-state index contributed by atoms with van der Waals surface area (Å²) in [6, 6.07) is 5.34. The number of hydrogen-bond acceptors (Lipinski definition) is 4. The number of nitrogens with two attached hydrogens (primary N) is 1. The third-order valence-corrected chi connectivity index (χ3v) is 2.82. The second kappa shape index (κ2) is 4.67. The van der Waals surface area contributed by atoms with Crippen molar-refractivity contribution in [2.75, 3.05) is 12.8 Å². The number of methoxy groups -OCH3 is 1. The largest absolute Gasteiger partial charge is 0.496 e. The first-order valence-corrected chi connectivity index (χ1v) is 5.63. The normalized spacial score (nSPS) is 10.5. The van der Waals surface area contributed by atoms with E-state index in [1.165, 1.54) is 0 Å². The van der Waals surface area contributed by atoms with Gasteiger partial charge in [-0.05, 0) is 24.6 Å². The van der Waals surface area contributed by atoms with Crippen LogP contribution in [0.5, 0.6) is 5.75 Å². The Labute approximate surface area is 104 Å². The number of aromatic nitrogens is 1. The Balaban J connectivity index is 2.59. The van der Waals surface area contributed by atoms with E-state index in [0.29, 0.717) is 22.4 Å². The molecule has 0 aliphatic heterocycles. The molecule has 0 bridgehead atoms. The molecule has 0 saturated carbocycles. The van der Waals surface area contributed by atoms with Gasteiger partial charge in [0.25, 0.3) is 0 Å². The summed E-state index contributed by atoms with van der Waals surface area (Å²) >= 11 is 5.91. The van der Waals surface area contributed by atoms with Crippen LogP contribution in [0.1, 0.15) is 12.5 Å². The first-order chi connectivity index (χ1) is 8.17. The van der Waals surface area contributed by atoms with Gasteiger partial charge in [-0.3, -0.25) is 0 Å². The van der Waals surface area contributed by atoms with Crippen LogP contribution in [0.25, 0.3) is 11.3 Å². The van der Waals surface area contributed by atoms with Crippen LogP contribution in [0.4, 0.5) is 5.82 Å². The van der Waals surface area contributed by atoms with Crippen LogP contribution < -0.4 is 10.5 Å². The van der Waals surface area contributed by atoms with Gasteiger partial charge < -0.3 is 15.0 Å². The van der Waals surface area contributed by atoms with Gasteiger partial charge in [0.05, 0.1) is 12.7 Å². The SMILES string of the molecule is CCc1c(N)noc1-c1ccc(Cl)cc1OC. The first kappa shape index (κ1) is 11.8. The maximum Gasteiger partial charge on any atom is 0.175 e. The number of rotatable bonds is 3. The average molecular weight is 253 g/mol. The van der Waals surface area contributed by atoms with Crippen molar-refractivity contribution in [3.63, 3.8) is 0 Å². The molecule has 4 nitrogen and oxygen atoms in total. The van der Waals surface area contributed by atoms with E-state index in [4.69, 9.17) is 26.6 Å². The molecule has 0 amide bonds. The van der Waals surface area contributed by atoms with Crippen molar-refractivity contribution in [1.82, 2.24) is 5.16 Å². The lowest BCUT2D eigenvalue weighted by molar-refractivity contribution is 0.406. The minimum absolute atomic E-state index is 0.416. The van der Waals surface area contributed by atoms with Gasteiger partial charge in [0.15, 0.2) is 11.6 Å². The number of nitrogen functional groups attached to an aromatic ring is 1. The summed E-state index contributed by atoms with van der Waals surface area (Å²) in [5.74, 6) is 1.70. The van der Waals surface area contributed by atoms with E-state index in [0.717, 1.165) is 17.5 Å². The molecule has 0 fully saturated rings. The molecule has 1 aromatic heterocycles. The molecule has 1 heterocycles. The topological polar surface area (TPSA) is 61.3 Å². The molecule has 0 aliphatic carbocycles. The summed E-state index contributed by atoms with van der Waals surface area (Å²) in [7, 11) is 1.58. The average Bonchev–Trinajstić information content (AvgIpc) is 2.70. The molecule has 0 spiro atoms. The van der Waals surface area contributed by atoms with E-state index in [1.54, 1.807) is 19.2 Å². The zero-order valence-corrected chi connectivity index (χ0v) is 10.4. The standard InChI is InChI=1S/C12H13ClN2O2/c1-3-8-11(17-15-12(8)14)9-5-4-7(13)6-10(9)16-2/h4-6H,3H2,1-2H3,(H2,14,15). The Kier molecular flexibility index (Phi) is 3.24.